The third-order valence-corrected chi connectivity index (χ3v) is 3.91. The second kappa shape index (κ2) is 6.51. The summed E-state index contributed by atoms with van der Waals surface area (Å²) in [7, 11) is 0. The van der Waals surface area contributed by atoms with Crippen molar-refractivity contribution in [3.8, 4) is 0 Å². The van der Waals surface area contributed by atoms with Crippen LogP contribution in [0, 0.1) is 0 Å². The minimum atomic E-state index is -0.455. The maximum atomic E-state index is 12.1. The Bertz CT molecular complexity index is 552. The van der Waals surface area contributed by atoms with Gasteiger partial charge in [0.15, 0.2) is 5.78 Å². The van der Waals surface area contributed by atoms with Crippen LogP contribution in [0.25, 0.3) is 0 Å². The minimum absolute atomic E-state index is 0.0908. The van der Waals surface area contributed by atoms with Crippen LogP contribution in [0.4, 0.5) is 4.79 Å². The number of carbonyl (C=O) groups excluding carboxylic acids is 2. The average molecular weight is 303 g/mol. The normalized spacial score (nSPS) is 16.5. The molecule has 0 radical (unpaired) electrons. The van der Waals surface area contributed by atoms with Crippen LogP contribution in [0.5, 0.6) is 0 Å². The van der Waals surface area contributed by atoms with Crippen molar-refractivity contribution in [3.63, 3.8) is 0 Å². The molecule has 4 nitrogen and oxygen atoms in total. The summed E-state index contributed by atoms with van der Waals surface area (Å²) in [5.74, 6) is 0.492. The highest BCUT2D eigenvalue weighted by Gasteiger charge is 2.27. The summed E-state index contributed by atoms with van der Waals surface area (Å²) < 4.78 is 5.41. The van der Waals surface area contributed by atoms with E-state index in [2.05, 4.69) is 6.07 Å². The Balaban J connectivity index is 1.96. The van der Waals surface area contributed by atoms with Crippen LogP contribution in [0.3, 0.4) is 0 Å². The molecule has 0 saturated carbocycles. The number of nitrogens with zero attached hydrogens (tertiary/aromatic N) is 1. The highest BCUT2D eigenvalue weighted by Crippen LogP contribution is 2.29. The molecule has 1 fully saturated rings. The van der Waals surface area contributed by atoms with Crippen LogP contribution >= 0.6 is 0 Å². The molecule has 0 N–H and O–H groups in total. The molecule has 1 amide bonds. The van der Waals surface area contributed by atoms with Gasteiger partial charge in [-0.2, -0.15) is 0 Å². The first-order chi connectivity index (χ1) is 10.3. The Morgan fingerprint density at radius 2 is 1.82 bits per heavy atom. The third kappa shape index (κ3) is 4.33. The molecule has 1 heterocycles. The van der Waals surface area contributed by atoms with Crippen molar-refractivity contribution < 1.29 is 14.3 Å². The Morgan fingerprint density at radius 3 is 2.36 bits per heavy atom. The van der Waals surface area contributed by atoms with Crippen LogP contribution in [0.2, 0.25) is 0 Å². The van der Waals surface area contributed by atoms with Gasteiger partial charge in [0.05, 0.1) is 0 Å². The number of piperidine rings is 1. The van der Waals surface area contributed by atoms with Gasteiger partial charge in [-0.25, -0.2) is 4.79 Å². The summed E-state index contributed by atoms with van der Waals surface area (Å²) in [5, 5.41) is 0. The molecule has 22 heavy (non-hydrogen) atoms. The zero-order valence-electron chi connectivity index (χ0n) is 13.9. The maximum Gasteiger partial charge on any atom is 0.410 e. The van der Waals surface area contributed by atoms with Gasteiger partial charge in [0, 0.05) is 18.7 Å². The summed E-state index contributed by atoms with van der Waals surface area (Å²) in [5.41, 5.74) is 1.49. The lowest BCUT2D eigenvalue weighted by Crippen LogP contribution is -2.41. The number of hydrogen-bond acceptors (Lipinski definition) is 3. The molecule has 0 bridgehead atoms. The molecule has 0 unspecified atom stereocenters. The minimum Gasteiger partial charge on any atom is -0.444 e. The van der Waals surface area contributed by atoms with E-state index in [4.69, 9.17) is 4.74 Å². The van der Waals surface area contributed by atoms with Crippen molar-refractivity contribution in [2.24, 2.45) is 0 Å². The first kappa shape index (κ1) is 16.5. The lowest BCUT2D eigenvalue weighted by atomic mass is 9.88. The number of rotatable bonds is 2. The average Bonchev–Trinajstić information content (AvgIpc) is 2.46. The molecule has 120 valence electrons. The molecule has 2 rings (SSSR count). The molecule has 0 atom stereocenters. The maximum absolute atomic E-state index is 12.1. The fourth-order valence-electron chi connectivity index (χ4n) is 2.73. The Labute approximate surface area is 132 Å². The largest absolute Gasteiger partial charge is 0.444 e. The molecule has 4 heteroatoms. The van der Waals surface area contributed by atoms with Crippen molar-refractivity contribution in [1.29, 1.82) is 0 Å². The number of amides is 1. The highest BCUT2D eigenvalue weighted by atomic mass is 16.6. The zero-order valence-corrected chi connectivity index (χ0v) is 13.9. The molecular formula is C18H25NO3. The molecule has 0 spiro atoms. The summed E-state index contributed by atoms with van der Waals surface area (Å²) in [6, 6.07) is 7.84. The lowest BCUT2D eigenvalue weighted by Gasteiger charge is -2.33. The second-order valence-corrected chi connectivity index (χ2v) is 6.92. The van der Waals surface area contributed by atoms with Gasteiger partial charge in [0.1, 0.15) is 5.60 Å². The van der Waals surface area contributed by atoms with Gasteiger partial charge < -0.3 is 9.64 Å². The van der Waals surface area contributed by atoms with E-state index in [0.29, 0.717) is 19.0 Å². The number of benzene rings is 1. The van der Waals surface area contributed by atoms with E-state index >= 15 is 0 Å². The van der Waals surface area contributed by atoms with Crippen LogP contribution in [0.15, 0.2) is 24.3 Å². The molecule has 1 aliphatic heterocycles. The Hall–Kier alpha value is -1.84. The van der Waals surface area contributed by atoms with Crippen LogP contribution in [-0.4, -0.2) is 35.5 Å². The number of hydrogen-bond donors (Lipinski definition) is 0. The monoisotopic (exact) mass is 303 g/mol. The zero-order chi connectivity index (χ0) is 16.3. The van der Waals surface area contributed by atoms with E-state index < -0.39 is 5.60 Å². The SMILES string of the molecule is CC(=O)c1cccc(C2CCN(C(=O)OC(C)(C)C)CC2)c1. The second-order valence-electron chi connectivity index (χ2n) is 6.92. The molecular weight excluding hydrogens is 278 g/mol. The number of ether oxygens (including phenoxy) is 1. The quantitative estimate of drug-likeness (QED) is 0.776. The summed E-state index contributed by atoms with van der Waals surface area (Å²) in [6.07, 6.45) is 1.57. The molecule has 1 aromatic carbocycles. The molecule has 0 aliphatic carbocycles. The van der Waals surface area contributed by atoms with Crippen molar-refractivity contribution in [2.75, 3.05) is 13.1 Å². The Morgan fingerprint density at radius 1 is 1.18 bits per heavy atom. The molecule has 1 saturated heterocycles. The first-order valence-electron chi connectivity index (χ1n) is 7.85. The number of Topliss-reactive ketones (excluding diaryl/α,β-unsaturated/α-hetero) is 1. The number of ketones is 1. The van der Waals surface area contributed by atoms with Crippen LogP contribution in [0.1, 0.15) is 62.4 Å². The fraction of sp³-hybridized carbons (Fsp3) is 0.556. The van der Waals surface area contributed by atoms with Crippen molar-refractivity contribution in [3.05, 3.63) is 35.4 Å². The van der Waals surface area contributed by atoms with E-state index in [-0.39, 0.29) is 11.9 Å². The smallest absolute Gasteiger partial charge is 0.410 e. The van der Waals surface area contributed by atoms with Gasteiger partial charge in [-0.3, -0.25) is 4.79 Å². The molecule has 0 aromatic heterocycles. The van der Waals surface area contributed by atoms with Gasteiger partial charge in [-0.1, -0.05) is 18.2 Å². The van der Waals surface area contributed by atoms with Gasteiger partial charge in [-0.15, -0.1) is 0 Å². The van der Waals surface area contributed by atoms with Gasteiger partial charge in [0.2, 0.25) is 0 Å². The summed E-state index contributed by atoms with van der Waals surface area (Å²) >= 11 is 0. The van der Waals surface area contributed by atoms with E-state index in [1.54, 1.807) is 11.8 Å². The van der Waals surface area contributed by atoms with Gasteiger partial charge >= 0.3 is 6.09 Å². The van der Waals surface area contributed by atoms with Crippen molar-refractivity contribution >= 4 is 11.9 Å². The lowest BCUT2D eigenvalue weighted by molar-refractivity contribution is 0.0205. The van der Waals surface area contributed by atoms with E-state index in [1.807, 2.05) is 39.0 Å². The topological polar surface area (TPSA) is 46.6 Å². The predicted octanol–water partition coefficient (Wildman–Crippen LogP) is 4.00. The van der Waals surface area contributed by atoms with Gasteiger partial charge in [0.25, 0.3) is 0 Å². The van der Waals surface area contributed by atoms with E-state index in [1.165, 1.54) is 5.56 Å². The fourth-order valence-corrected chi connectivity index (χ4v) is 2.73. The molecule has 1 aliphatic rings. The van der Waals surface area contributed by atoms with Crippen molar-refractivity contribution in [2.45, 2.75) is 52.1 Å². The number of likely N-dealkylation sites (tertiary alicyclic amines) is 1. The summed E-state index contributed by atoms with van der Waals surface area (Å²) in [4.78, 5) is 25.3. The number of carbonyl (C=O) groups is 2. The predicted molar refractivity (Wildman–Crippen MR) is 86.2 cm³/mol. The van der Waals surface area contributed by atoms with Gasteiger partial charge in [-0.05, 0) is 58.1 Å². The van der Waals surface area contributed by atoms with Crippen molar-refractivity contribution in [1.82, 2.24) is 4.90 Å². The van der Waals surface area contributed by atoms with Crippen LogP contribution in [-0.2, 0) is 4.74 Å². The third-order valence-electron chi connectivity index (χ3n) is 3.91. The summed E-state index contributed by atoms with van der Waals surface area (Å²) in [6.45, 7) is 8.62. The first-order valence-corrected chi connectivity index (χ1v) is 7.85. The standard InChI is InChI=1S/C18H25NO3/c1-13(20)15-6-5-7-16(12-15)14-8-10-19(11-9-14)17(21)22-18(2,3)4/h5-7,12,14H,8-11H2,1-4H3. The highest BCUT2D eigenvalue weighted by molar-refractivity contribution is 5.94. The van der Waals surface area contributed by atoms with Crippen LogP contribution < -0.4 is 0 Å². The van der Waals surface area contributed by atoms with E-state index in [9.17, 15) is 9.59 Å². The molecule has 1 aromatic rings. The van der Waals surface area contributed by atoms with E-state index in [0.717, 1.165) is 18.4 Å². The Kier molecular flexibility index (Phi) is 4.89.